The van der Waals surface area contributed by atoms with Gasteiger partial charge in [0.2, 0.25) is 5.43 Å². The molecule has 0 bridgehead atoms. The highest BCUT2D eigenvalue weighted by Gasteiger charge is 2.19. The normalized spacial score (nSPS) is 16.0. The highest BCUT2D eigenvalue weighted by atomic mass is 16.3. The van der Waals surface area contributed by atoms with Gasteiger partial charge in [0, 0.05) is 13.1 Å². The third kappa shape index (κ3) is 2.14. The Morgan fingerprint density at radius 1 is 1.11 bits per heavy atom. The fourth-order valence-electron chi connectivity index (χ4n) is 2.89. The first-order chi connectivity index (χ1) is 9.16. The molecule has 0 aliphatic carbocycles. The quantitative estimate of drug-likeness (QED) is 0.785. The molecule has 2 heterocycles. The van der Waals surface area contributed by atoms with Gasteiger partial charge in [-0.1, -0.05) is 11.6 Å². The summed E-state index contributed by atoms with van der Waals surface area (Å²) in [5.41, 5.74) is 2.66. The minimum Gasteiger partial charge on any atom is -0.459 e. The lowest BCUT2D eigenvalue weighted by atomic mass is 10.1. The molecule has 1 aliphatic rings. The highest BCUT2D eigenvalue weighted by molar-refractivity contribution is 5.81. The van der Waals surface area contributed by atoms with E-state index in [1.807, 2.05) is 32.0 Å². The summed E-state index contributed by atoms with van der Waals surface area (Å²) < 4.78 is 5.84. The van der Waals surface area contributed by atoms with Crippen molar-refractivity contribution in [3.8, 4) is 0 Å². The van der Waals surface area contributed by atoms with E-state index in [0.717, 1.165) is 42.9 Å². The maximum atomic E-state index is 12.7. The molecule has 2 aromatic rings. The molecule has 0 amide bonds. The molecule has 3 rings (SSSR count). The molecular weight excluding hydrogens is 238 g/mol. The van der Waals surface area contributed by atoms with Crippen molar-refractivity contribution in [3.63, 3.8) is 0 Å². The fraction of sp³-hybridized carbons (Fsp3) is 0.438. The van der Waals surface area contributed by atoms with Crippen molar-refractivity contribution in [2.45, 2.75) is 33.1 Å². The van der Waals surface area contributed by atoms with Crippen LogP contribution in [0.25, 0.3) is 11.0 Å². The number of benzene rings is 1. The second kappa shape index (κ2) is 4.72. The Labute approximate surface area is 112 Å². The minimum atomic E-state index is 0.115. The van der Waals surface area contributed by atoms with Gasteiger partial charge in [-0.15, -0.1) is 0 Å². The third-order valence-corrected chi connectivity index (χ3v) is 3.86. The van der Waals surface area contributed by atoms with E-state index < -0.39 is 0 Å². The maximum absolute atomic E-state index is 12.7. The van der Waals surface area contributed by atoms with Crippen molar-refractivity contribution in [1.82, 2.24) is 0 Å². The van der Waals surface area contributed by atoms with Crippen LogP contribution in [0.1, 0.15) is 30.6 Å². The summed E-state index contributed by atoms with van der Waals surface area (Å²) in [6, 6.07) is 5.79. The van der Waals surface area contributed by atoms with Gasteiger partial charge in [-0.05, 0) is 45.2 Å². The van der Waals surface area contributed by atoms with Crippen molar-refractivity contribution >= 4 is 16.7 Å². The van der Waals surface area contributed by atoms with Gasteiger partial charge in [-0.2, -0.15) is 0 Å². The van der Waals surface area contributed by atoms with Gasteiger partial charge in [0.05, 0.1) is 5.39 Å². The molecular formula is C16H19NO2. The Bertz CT molecular complexity index is 666. The molecule has 19 heavy (non-hydrogen) atoms. The van der Waals surface area contributed by atoms with Crippen LogP contribution in [0.4, 0.5) is 5.69 Å². The molecule has 0 atom stereocenters. The average molecular weight is 257 g/mol. The number of hydrogen-bond acceptors (Lipinski definition) is 3. The zero-order chi connectivity index (χ0) is 13.4. The monoisotopic (exact) mass is 257 g/mol. The Hall–Kier alpha value is -1.77. The molecule has 1 aliphatic heterocycles. The molecule has 100 valence electrons. The molecule has 3 heteroatoms. The van der Waals surface area contributed by atoms with Gasteiger partial charge >= 0.3 is 0 Å². The first kappa shape index (κ1) is 12.3. The second-order valence-electron chi connectivity index (χ2n) is 5.38. The van der Waals surface area contributed by atoms with Gasteiger partial charge in [0.15, 0.2) is 0 Å². The van der Waals surface area contributed by atoms with Crippen LogP contribution in [0.3, 0.4) is 0 Å². The van der Waals surface area contributed by atoms with Crippen LogP contribution in [-0.2, 0) is 0 Å². The summed E-state index contributed by atoms with van der Waals surface area (Å²) in [7, 11) is 0. The van der Waals surface area contributed by atoms with Gasteiger partial charge in [0.25, 0.3) is 0 Å². The third-order valence-electron chi connectivity index (χ3n) is 3.86. The van der Waals surface area contributed by atoms with Crippen molar-refractivity contribution in [2.24, 2.45) is 0 Å². The van der Waals surface area contributed by atoms with Crippen LogP contribution in [-0.4, -0.2) is 13.1 Å². The number of piperidine rings is 1. The predicted molar refractivity (Wildman–Crippen MR) is 78.0 cm³/mol. The average Bonchev–Trinajstić information content (AvgIpc) is 2.41. The lowest BCUT2D eigenvalue weighted by Gasteiger charge is -2.28. The van der Waals surface area contributed by atoms with E-state index in [0.29, 0.717) is 11.0 Å². The Morgan fingerprint density at radius 3 is 2.58 bits per heavy atom. The van der Waals surface area contributed by atoms with Crippen molar-refractivity contribution in [3.05, 3.63) is 39.7 Å². The van der Waals surface area contributed by atoms with Crippen LogP contribution in [0.2, 0.25) is 0 Å². The summed E-state index contributed by atoms with van der Waals surface area (Å²) >= 11 is 0. The van der Waals surface area contributed by atoms with Crippen molar-refractivity contribution in [2.75, 3.05) is 18.0 Å². The van der Waals surface area contributed by atoms with E-state index in [1.165, 1.54) is 6.42 Å². The van der Waals surface area contributed by atoms with Crippen molar-refractivity contribution in [1.29, 1.82) is 0 Å². The SMILES string of the molecule is Cc1ccc2oc(C)c(N3CCCCC3)c(=O)c2c1. The molecule has 1 fully saturated rings. The molecule has 0 spiro atoms. The van der Waals surface area contributed by atoms with Crippen LogP contribution in [0, 0.1) is 13.8 Å². The number of nitrogens with zero attached hydrogens (tertiary/aromatic N) is 1. The van der Waals surface area contributed by atoms with Gasteiger partial charge in [0.1, 0.15) is 17.0 Å². The topological polar surface area (TPSA) is 33.5 Å². The summed E-state index contributed by atoms with van der Waals surface area (Å²) in [6.45, 7) is 5.82. The fourth-order valence-corrected chi connectivity index (χ4v) is 2.89. The number of rotatable bonds is 1. The largest absolute Gasteiger partial charge is 0.459 e. The first-order valence-corrected chi connectivity index (χ1v) is 6.96. The van der Waals surface area contributed by atoms with Gasteiger partial charge in [-0.25, -0.2) is 0 Å². The zero-order valence-electron chi connectivity index (χ0n) is 11.5. The maximum Gasteiger partial charge on any atom is 0.216 e. The number of aryl methyl sites for hydroxylation is 2. The van der Waals surface area contributed by atoms with E-state index in [-0.39, 0.29) is 5.43 Å². The first-order valence-electron chi connectivity index (χ1n) is 6.96. The zero-order valence-corrected chi connectivity index (χ0v) is 11.5. The van der Waals surface area contributed by atoms with E-state index in [4.69, 9.17) is 4.42 Å². The molecule has 3 nitrogen and oxygen atoms in total. The Morgan fingerprint density at radius 2 is 1.84 bits per heavy atom. The smallest absolute Gasteiger partial charge is 0.216 e. The van der Waals surface area contributed by atoms with E-state index in [2.05, 4.69) is 4.90 Å². The van der Waals surface area contributed by atoms with Crippen LogP contribution < -0.4 is 10.3 Å². The van der Waals surface area contributed by atoms with Crippen LogP contribution >= 0.6 is 0 Å². The number of hydrogen-bond donors (Lipinski definition) is 0. The number of fused-ring (bicyclic) bond motifs is 1. The number of anilines is 1. The summed E-state index contributed by atoms with van der Waals surface area (Å²) in [5.74, 6) is 0.739. The molecule has 1 aromatic heterocycles. The molecule has 1 aromatic carbocycles. The molecule has 0 radical (unpaired) electrons. The van der Waals surface area contributed by atoms with E-state index in [9.17, 15) is 4.79 Å². The Kier molecular flexibility index (Phi) is 3.05. The standard InChI is InChI=1S/C16H19NO2/c1-11-6-7-14-13(10-11)16(18)15(12(2)19-14)17-8-4-3-5-9-17/h6-7,10H,3-5,8-9H2,1-2H3. The van der Waals surface area contributed by atoms with Gasteiger partial charge < -0.3 is 9.32 Å². The van der Waals surface area contributed by atoms with Crippen LogP contribution in [0.15, 0.2) is 27.4 Å². The van der Waals surface area contributed by atoms with Crippen molar-refractivity contribution < 1.29 is 4.42 Å². The predicted octanol–water partition coefficient (Wildman–Crippen LogP) is 3.40. The minimum absolute atomic E-state index is 0.115. The second-order valence-corrected chi connectivity index (χ2v) is 5.38. The lowest BCUT2D eigenvalue weighted by molar-refractivity contribution is 0.538. The van der Waals surface area contributed by atoms with Gasteiger partial charge in [-0.3, -0.25) is 4.79 Å². The summed E-state index contributed by atoms with van der Waals surface area (Å²) in [4.78, 5) is 14.9. The van der Waals surface area contributed by atoms with E-state index >= 15 is 0 Å². The molecule has 1 saturated heterocycles. The molecule has 0 saturated carbocycles. The molecule has 0 N–H and O–H groups in total. The highest BCUT2D eigenvalue weighted by Crippen LogP contribution is 2.24. The lowest BCUT2D eigenvalue weighted by Crippen LogP contribution is -2.33. The summed E-state index contributed by atoms with van der Waals surface area (Å²) in [6.07, 6.45) is 3.57. The van der Waals surface area contributed by atoms with E-state index in [1.54, 1.807) is 0 Å². The Balaban J connectivity index is 2.21. The van der Waals surface area contributed by atoms with Crippen LogP contribution in [0.5, 0.6) is 0 Å². The molecule has 0 unspecified atom stereocenters. The summed E-state index contributed by atoms with van der Waals surface area (Å²) in [5, 5.41) is 0.700.